The molecular weight excluding hydrogens is 230 g/mol. The minimum atomic E-state index is -0.890. The molecule has 0 bridgehead atoms. The molecule has 0 fully saturated rings. The third kappa shape index (κ3) is 2.27. The summed E-state index contributed by atoms with van der Waals surface area (Å²) in [4.78, 5) is 24.7. The number of hydrogen-bond donors (Lipinski definition) is 1. The second-order valence-corrected chi connectivity index (χ2v) is 4.36. The number of carboxylic acids is 1. The molecule has 1 heterocycles. The first-order valence-electron chi connectivity index (χ1n) is 5.82. The van der Waals surface area contributed by atoms with Gasteiger partial charge in [-0.2, -0.15) is 0 Å². The second-order valence-electron chi connectivity index (χ2n) is 4.36. The molecule has 1 N–H and O–H groups in total. The Labute approximate surface area is 106 Å². The van der Waals surface area contributed by atoms with Gasteiger partial charge in [0.05, 0.1) is 5.92 Å². The lowest BCUT2D eigenvalue weighted by atomic mass is 9.89. The molecule has 4 heteroatoms. The van der Waals surface area contributed by atoms with Crippen LogP contribution >= 0.6 is 0 Å². The van der Waals surface area contributed by atoms with Gasteiger partial charge in [0, 0.05) is 19.5 Å². The lowest BCUT2D eigenvalue weighted by molar-refractivity contribution is -0.141. The highest BCUT2D eigenvalue weighted by Gasteiger charge is 2.31. The van der Waals surface area contributed by atoms with Crippen LogP contribution in [0.4, 0.5) is 0 Å². The van der Waals surface area contributed by atoms with Crippen molar-refractivity contribution < 1.29 is 14.7 Å². The van der Waals surface area contributed by atoms with Crippen LogP contribution < -0.4 is 0 Å². The number of carboxylic acid groups (broad SMARTS) is 1. The predicted octanol–water partition coefficient (Wildman–Crippen LogP) is 1.77. The zero-order valence-electron chi connectivity index (χ0n) is 10.0. The fourth-order valence-corrected chi connectivity index (χ4v) is 2.26. The molecule has 0 aliphatic carbocycles. The van der Waals surface area contributed by atoms with E-state index in [1.165, 1.54) is 0 Å². The molecule has 0 saturated heterocycles. The lowest BCUT2D eigenvalue weighted by Crippen LogP contribution is -2.40. The van der Waals surface area contributed by atoms with E-state index in [9.17, 15) is 14.7 Å². The van der Waals surface area contributed by atoms with Crippen LogP contribution in [-0.4, -0.2) is 28.4 Å². The molecule has 2 rings (SSSR count). The Morgan fingerprint density at radius 2 is 2.17 bits per heavy atom. The highest BCUT2D eigenvalue weighted by atomic mass is 16.4. The van der Waals surface area contributed by atoms with E-state index in [1.807, 2.05) is 24.3 Å². The maximum absolute atomic E-state index is 11.8. The fraction of sp³-hybridized carbons (Fsp3) is 0.286. The van der Waals surface area contributed by atoms with Crippen molar-refractivity contribution >= 4 is 11.9 Å². The SMILES string of the molecule is C=CCC(=O)N1Cc2ccccc2C(C(=O)O)C1. The number of rotatable bonds is 3. The van der Waals surface area contributed by atoms with Crippen LogP contribution in [0.15, 0.2) is 36.9 Å². The molecule has 1 aliphatic rings. The number of amides is 1. The molecule has 0 aromatic heterocycles. The highest BCUT2D eigenvalue weighted by molar-refractivity contribution is 5.82. The monoisotopic (exact) mass is 245 g/mol. The van der Waals surface area contributed by atoms with Crippen LogP contribution in [0.2, 0.25) is 0 Å². The van der Waals surface area contributed by atoms with Gasteiger partial charge < -0.3 is 10.0 Å². The minimum absolute atomic E-state index is 0.0780. The van der Waals surface area contributed by atoms with E-state index in [1.54, 1.807) is 11.0 Å². The van der Waals surface area contributed by atoms with E-state index in [-0.39, 0.29) is 18.9 Å². The van der Waals surface area contributed by atoms with Gasteiger partial charge in [0.15, 0.2) is 0 Å². The largest absolute Gasteiger partial charge is 0.481 e. The Morgan fingerprint density at radius 3 is 2.83 bits per heavy atom. The summed E-state index contributed by atoms with van der Waals surface area (Å²) in [5.41, 5.74) is 1.72. The number of carbonyl (C=O) groups is 2. The number of carbonyl (C=O) groups excluding carboxylic acids is 1. The first-order chi connectivity index (χ1) is 8.63. The van der Waals surface area contributed by atoms with E-state index in [2.05, 4.69) is 6.58 Å². The molecule has 1 unspecified atom stereocenters. The summed E-state index contributed by atoms with van der Waals surface area (Å²) >= 11 is 0. The molecule has 0 saturated carbocycles. The van der Waals surface area contributed by atoms with Gasteiger partial charge in [-0.3, -0.25) is 9.59 Å². The normalized spacial score (nSPS) is 18.0. The van der Waals surface area contributed by atoms with Gasteiger partial charge in [0.25, 0.3) is 0 Å². The number of aliphatic carboxylic acids is 1. The van der Waals surface area contributed by atoms with Crippen molar-refractivity contribution in [2.45, 2.75) is 18.9 Å². The van der Waals surface area contributed by atoms with Crippen LogP contribution in [0.3, 0.4) is 0 Å². The summed E-state index contributed by atoms with van der Waals surface area (Å²) in [5, 5.41) is 9.26. The molecule has 18 heavy (non-hydrogen) atoms. The van der Waals surface area contributed by atoms with Gasteiger partial charge in [-0.15, -0.1) is 6.58 Å². The van der Waals surface area contributed by atoms with Crippen molar-refractivity contribution in [2.24, 2.45) is 0 Å². The maximum Gasteiger partial charge on any atom is 0.312 e. The number of hydrogen-bond acceptors (Lipinski definition) is 2. The van der Waals surface area contributed by atoms with Crippen LogP contribution in [-0.2, 0) is 16.1 Å². The standard InChI is InChI=1S/C14H15NO3/c1-2-5-13(16)15-8-10-6-3-4-7-11(10)12(9-15)14(17)18/h2-4,6-7,12H,1,5,8-9H2,(H,17,18). The second kappa shape index (κ2) is 5.04. The van der Waals surface area contributed by atoms with Crippen molar-refractivity contribution in [3.8, 4) is 0 Å². The van der Waals surface area contributed by atoms with E-state index < -0.39 is 11.9 Å². The maximum atomic E-state index is 11.8. The van der Waals surface area contributed by atoms with Crippen molar-refractivity contribution in [1.82, 2.24) is 4.90 Å². The smallest absolute Gasteiger partial charge is 0.312 e. The Bertz CT molecular complexity index is 496. The Hall–Kier alpha value is -2.10. The Kier molecular flexibility index (Phi) is 3.46. The van der Waals surface area contributed by atoms with Crippen molar-refractivity contribution in [3.63, 3.8) is 0 Å². The average Bonchev–Trinajstić information content (AvgIpc) is 2.37. The quantitative estimate of drug-likeness (QED) is 0.826. The molecule has 0 radical (unpaired) electrons. The summed E-state index contributed by atoms with van der Waals surface area (Å²) < 4.78 is 0. The summed E-state index contributed by atoms with van der Waals surface area (Å²) in [6.07, 6.45) is 1.78. The van der Waals surface area contributed by atoms with Crippen molar-refractivity contribution in [3.05, 3.63) is 48.0 Å². The van der Waals surface area contributed by atoms with Crippen molar-refractivity contribution in [1.29, 1.82) is 0 Å². The van der Waals surface area contributed by atoms with E-state index >= 15 is 0 Å². The summed E-state index contributed by atoms with van der Waals surface area (Å²) in [6.45, 7) is 4.24. The predicted molar refractivity (Wildman–Crippen MR) is 67.0 cm³/mol. The molecule has 4 nitrogen and oxygen atoms in total. The van der Waals surface area contributed by atoms with Gasteiger partial charge in [-0.25, -0.2) is 0 Å². The van der Waals surface area contributed by atoms with Crippen LogP contribution in [0, 0.1) is 0 Å². The number of nitrogens with zero attached hydrogens (tertiary/aromatic N) is 1. The number of fused-ring (bicyclic) bond motifs is 1. The third-order valence-corrected chi connectivity index (χ3v) is 3.16. The third-order valence-electron chi connectivity index (χ3n) is 3.16. The van der Waals surface area contributed by atoms with E-state index in [4.69, 9.17) is 0 Å². The van der Waals surface area contributed by atoms with Crippen LogP contribution in [0.5, 0.6) is 0 Å². The molecule has 1 amide bonds. The first kappa shape index (κ1) is 12.4. The topological polar surface area (TPSA) is 57.6 Å². The van der Waals surface area contributed by atoms with Crippen LogP contribution in [0.25, 0.3) is 0 Å². The van der Waals surface area contributed by atoms with Gasteiger partial charge in [-0.05, 0) is 11.1 Å². The average molecular weight is 245 g/mol. The Morgan fingerprint density at radius 1 is 1.44 bits per heavy atom. The summed E-state index contributed by atoms with van der Waals surface area (Å²) in [7, 11) is 0. The molecule has 1 aliphatic heterocycles. The van der Waals surface area contributed by atoms with E-state index in [0.29, 0.717) is 6.54 Å². The first-order valence-corrected chi connectivity index (χ1v) is 5.82. The Balaban J connectivity index is 2.31. The zero-order chi connectivity index (χ0) is 13.1. The lowest BCUT2D eigenvalue weighted by Gasteiger charge is -2.32. The molecule has 0 spiro atoms. The van der Waals surface area contributed by atoms with Crippen molar-refractivity contribution in [2.75, 3.05) is 6.54 Å². The molecule has 1 atom stereocenters. The number of benzene rings is 1. The van der Waals surface area contributed by atoms with Gasteiger partial charge in [0.2, 0.25) is 5.91 Å². The van der Waals surface area contributed by atoms with Gasteiger partial charge >= 0.3 is 5.97 Å². The summed E-state index contributed by atoms with van der Waals surface area (Å²) in [5.74, 6) is -1.60. The van der Waals surface area contributed by atoms with E-state index in [0.717, 1.165) is 11.1 Å². The summed E-state index contributed by atoms with van der Waals surface area (Å²) in [6, 6.07) is 7.39. The zero-order valence-corrected chi connectivity index (χ0v) is 10.0. The van der Waals surface area contributed by atoms with Crippen LogP contribution in [0.1, 0.15) is 23.5 Å². The molecule has 94 valence electrons. The van der Waals surface area contributed by atoms with Gasteiger partial charge in [-0.1, -0.05) is 30.3 Å². The fourth-order valence-electron chi connectivity index (χ4n) is 2.26. The van der Waals surface area contributed by atoms with Gasteiger partial charge in [0.1, 0.15) is 0 Å². The molecule has 1 aromatic rings. The molecular formula is C14H15NO3. The minimum Gasteiger partial charge on any atom is -0.481 e. The molecule has 1 aromatic carbocycles. The highest BCUT2D eigenvalue weighted by Crippen LogP contribution is 2.28.